The lowest BCUT2D eigenvalue weighted by atomic mass is 10.2. The first-order valence-corrected chi connectivity index (χ1v) is 3.92. The predicted molar refractivity (Wildman–Crippen MR) is 48.2 cm³/mol. The molecule has 13 heavy (non-hydrogen) atoms. The molecule has 0 amide bonds. The molecule has 0 aromatic carbocycles. The number of hydrogen-bond acceptors (Lipinski definition) is 3. The van der Waals surface area contributed by atoms with Gasteiger partial charge in [-0.15, -0.1) is 0 Å². The van der Waals surface area contributed by atoms with Crippen molar-refractivity contribution in [1.29, 1.82) is 0 Å². The first-order chi connectivity index (χ1) is 6.27. The molecule has 1 unspecified atom stereocenters. The minimum atomic E-state index is -0.637. The zero-order valence-corrected chi connectivity index (χ0v) is 7.39. The van der Waals surface area contributed by atoms with Crippen molar-refractivity contribution in [3.8, 4) is 0 Å². The van der Waals surface area contributed by atoms with Crippen LogP contribution in [0.1, 0.15) is 11.7 Å². The Labute approximate surface area is 79.6 Å². The van der Waals surface area contributed by atoms with Gasteiger partial charge in [-0.25, -0.2) is 0 Å². The number of rotatable bonds is 3. The van der Waals surface area contributed by atoms with Crippen LogP contribution in [0.15, 0.2) is 23.4 Å². The number of hydrogen-bond donors (Lipinski definition) is 1. The predicted octanol–water partition coefficient (Wildman–Crippen LogP) is 2.08. The maximum absolute atomic E-state index is 8.84. The fourth-order valence-corrected chi connectivity index (χ4v) is 0.948. The Balaban J connectivity index is 2.91. The quantitative estimate of drug-likeness (QED) is 0.458. The molecule has 0 aliphatic rings. The molecule has 1 aromatic rings. The van der Waals surface area contributed by atoms with Crippen molar-refractivity contribution in [3.05, 3.63) is 39.5 Å². The summed E-state index contributed by atoms with van der Waals surface area (Å²) in [4.78, 5) is 6.51. The smallest absolute Gasteiger partial charge is 0.103 e. The second-order valence-corrected chi connectivity index (χ2v) is 2.74. The highest BCUT2D eigenvalue weighted by Gasteiger charge is 2.08. The molecule has 5 nitrogen and oxygen atoms in total. The Hall–Kier alpha value is -1.29. The number of pyridine rings is 1. The van der Waals surface area contributed by atoms with Gasteiger partial charge in [0.05, 0.1) is 17.3 Å². The van der Waals surface area contributed by atoms with Crippen molar-refractivity contribution in [3.63, 3.8) is 0 Å². The summed E-state index contributed by atoms with van der Waals surface area (Å²) in [7, 11) is 0. The second kappa shape index (κ2) is 4.67. The molecule has 0 fully saturated rings. The van der Waals surface area contributed by atoms with Crippen LogP contribution in [0, 0.1) is 0 Å². The molecule has 0 aliphatic heterocycles. The number of aromatic nitrogens is 1. The lowest BCUT2D eigenvalue weighted by Gasteiger charge is -2.05. The van der Waals surface area contributed by atoms with E-state index in [0.29, 0.717) is 10.7 Å². The van der Waals surface area contributed by atoms with Crippen LogP contribution in [-0.4, -0.2) is 16.7 Å². The lowest BCUT2D eigenvalue weighted by molar-refractivity contribution is 0.266. The molecular formula is C7H7ClN4O. The lowest BCUT2D eigenvalue weighted by Crippen LogP contribution is -2.01. The van der Waals surface area contributed by atoms with Crippen LogP contribution < -0.4 is 0 Å². The molecule has 1 atom stereocenters. The fourth-order valence-electron chi connectivity index (χ4n) is 0.836. The zero-order chi connectivity index (χ0) is 9.68. The van der Waals surface area contributed by atoms with Gasteiger partial charge in [0.2, 0.25) is 0 Å². The van der Waals surface area contributed by atoms with Crippen molar-refractivity contribution >= 4 is 11.6 Å². The molecule has 1 aromatic heterocycles. The Morgan fingerprint density at radius 1 is 1.69 bits per heavy atom. The third-order valence-electron chi connectivity index (χ3n) is 1.46. The summed E-state index contributed by atoms with van der Waals surface area (Å²) in [5, 5.41) is 12.7. The molecule has 1 rings (SSSR count). The van der Waals surface area contributed by atoms with Gasteiger partial charge in [-0.1, -0.05) is 16.7 Å². The van der Waals surface area contributed by atoms with Crippen LogP contribution in [0.4, 0.5) is 0 Å². The Bertz CT molecular complexity index is 320. The number of halogens is 1. The van der Waals surface area contributed by atoms with Crippen molar-refractivity contribution < 1.29 is 5.11 Å². The summed E-state index contributed by atoms with van der Waals surface area (Å²) in [6.45, 7) is -0.265. The van der Waals surface area contributed by atoms with E-state index in [4.69, 9.17) is 22.2 Å². The highest BCUT2D eigenvalue weighted by Crippen LogP contribution is 2.16. The van der Waals surface area contributed by atoms with Crippen LogP contribution in [0.3, 0.4) is 0 Å². The van der Waals surface area contributed by atoms with E-state index in [1.165, 1.54) is 6.20 Å². The average Bonchev–Trinajstić information content (AvgIpc) is 2.16. The van der Waals surface area contributed by atoms with Gasteiger partial charge in [-0.2, -0.15) is 0 Å². The molecule has 0 radical (unpaired) electrons. The van der Waals surface area contributed by atoms with Crippen molar-refractivity contribution in [2.45, 2.75) is 6.04 Å². The highest BCUT2D eigenvalue weighted by molar-refractivity contribution is 6.30. The summed E-state index contributed by atoms with van der Waals surface area (Å²) in [6.07, 6.45) is 1.44. The summed E-state index contributed by atoms with van der Waals surface area (Å²) in [6, 6.07) is 2.60. The van der Waals surface area contributed by atoms with Gasteiger partial charge in [0, 0.05) is 11.1 Å². The maximum Gasteiger partial charge on any atom is 0.103 e. The minimum absolute atomic E-state index is 0.265. The van der Waals surface area contributed by atoms with Gasteiger partial charge < -0.3 is 5.11 Å². The van der Waals surface area contributed by atoms with Crippen LogP contribution in [0.5, 0.6) is 0 Å². The normalized spacial score (nSPS) is 11.8. The SMILES string of the molecule is [N-]=[N+]=NC(CO)c1ccc(Cl)cn1. The molecule has 0 saturated heterocycles. The molecule has 0 saturated carbocycles. The third kappa shape index (κ3) is 2.59. The zero-order valence-electron chi connectivity index (χ0n) is 6.63. The van der Waals surface area contributed by atoms with Gasteiger partial charge in [0.25, 0.3) is 0 Å². The average molecular weight is 199 g/mol. The summed E-state index contributed by atoms with van der Waals surface area (Å²) < 4.78 is 0. The number of aliphatic hydroxyl groups excluding tert-OH is 1. The molecular weight excluding hydrogens is 192 g/mol. The largest absolute Gasteiger partial charge is 0.396 e. The van der Waals surface area contributed by atoms with E-state index in [-0.39, 0.29) is 6.61 Å². The van der Waals surface area contributed by atoms with Gasteiger partial charge in [-0.3, -0.25) is 4.98 Å². The topological polar surface area (TPSA) is 81.9 Å². The van der Waals surface area contributed by atoms with E-state index in [1.54, 1.807) is 12.1 Å². The van der Waals surface area contributed by atoms with Crippen LogP contribution in [-0.2, 0) is 0 Å². The van der Waals surface area contributed by atoms with Crippen LogP contribution in [0.25, 0.3) is 10.4 Å². The van der Waals surface area contributed by atoms with E-state index in [2.05, 4.69) is 15.0 Å². The highest BCUT2D eigenvalue weighted by atomic mass is 35.5. The van der Waals surface area contributed by atoms with Gasteiger partial charge in [0.15, 0.2) is 0 Å². The van der Waals surface area contributed by atoms with Gasteiger partial charge in [0.1, 0.15) is 6.04 Å². The molecule has 6 heteroatoms. The summed E-state index contributed by atoms with van der Waals surface area (Å²) >= 11 is 5.61. The van der Waals surface area contributed by atoms with E-state index >= 15 is 0 Å². The van der Waals surface area contributed by atoms with Crippen molar-refractivity contribution in [2.24, 2.45) is 5.11 Å². The molecule has 0 aliphatic carbocycles. The van der Waals surface area contributed by atoms with E-state index < -0.39 is 6.04 Å². The molecule has 0 spiro atoms. The standard InChI is InChI=1S/C7H7ClN4O/c8-5-1-2-6(10-3-5)7(4-13)11-12-9/h1-3,7,13H,4H2. The van der Waals surface area contributed by atoms with Crippen LogP contribution >= 0.6 is 11.6 Å². The van der Waals surface area contributed by atoms with E-state index in [1.807, 2.05) is 0 Å². The Kier molecular flexibility index (Phi) is 3.52. The van der Waals surface area contributed by atoms with Crippen molar-refractivity contribution in [1.82, 2.24) is 4.98 Å². The first kappa shape index (κ1) is 9.80. The number of aliphatic hydroxyl groups is 1. The summed E-state index contributed by atoms with van der Waals surface area (Å²) in [5.74, 6) is 0. The van der Waals surface area contributed by atoms with Gasteiger partial charge >= 0.3 is 0 Å². The minimum Gasteiger partial charge on any atom is -0.396 e. The maximum atomic E-state index is 8.84. The molecule has 0 bridgehead atoms. The Morgan fingerprint density at radius 3 is 2.92 bits per heavy atom. The van der Waals surface area contributed by atoms with E-state index in [9.17, 15) is 0 Å². The molecule has 1 N–H and O–H groups in total. The Morgan fingerprint density at radius 2 is 2.46 bits per heavy atom. The monoisotopic (exact) mass is 198 g/mol. The first-order valence-electron chi connectivity index (χ1n) is 3.54. The second-order valence-electron chi connectivity index (χ2n) is 2.30. The summed E-state index contributed by atoms with van der Waals surface area (Å²) in [5.41, 5.74) is 8.68. The number of azide groups is 1. The van der Waals surface area contributed by atoms with Gasteiger partial charge in [-0.05, 0) is 17.7 Å². The van der Waals surface area contributed by atoms with Crippen LogP contribution in [0.2, 0.25) is 5.02 Å². The molecule has 1 heterocycles. The van der Waals surface area contributed by atoms with Crippen molar-refractivity contribution in [2.75, 3.05) is 6.61 Å². The number of nitrogens with zero attached hydrogens (tertiary/aromatic N) is 4. The molecule has 68 valence electrons. The third-order valence-corrected chi connectivity index (χ3v) is 1.68. The fraction of sp³-hybridized carbons (Fsp3) is 0.286. The van der Waals surface area contributed by atoms with E-state index in [0.717, 1.165) is 0 Å².